The van der Waals surface area contributed by atoms with Crippen LogP contribution in [-0.2, 0) is 16.5 Å². The second-order valence-corrected chi connectivity index (χ2v) is 4.97. The molecule has 2 aromatic rings. The zero-order valence-electron chi connectivity index (χ0n) is 10.7. The normalized spacial score (nSPS) is 8.11. The van der Waals surface area contributed by atoms with Crippen LogP contribution in [0.1, 0.15) is 20.3 Å². The third-order valence-electron chi connectivity index (χ3n) is 1.84. The maximum atomic E-state index is 2.17. The van der Waals surface area contributed by atoms with Crippen molar-refractivity contribution in [2.24, 2.45) is 0 Å². The second-order valence-electron chi connectivity index (χ2n) is 3.56. The van der Waals surface area contributed by atoms with Crippen LogP contribution in [0.25, 0.3) is 0 Å². The van der Waals surface area contributed by atoms with Crippen molar-refractivity contribution in [3.05, 3.63) is 60.7 Å². The zero-order valence-corrected chi connectivity index (χ0v) is 13.4. The standard InChI is InChI=1S/C12H11P.C3H8.ClH.Ni/c1-3-7-11(8-4-1)13-12-9-5-2-6-10-12;1-3-2;;/h1-10,13H;3H2,1-2H3;1H;/p-1. The molecule has 0 fully saturated rings. The van der Waals surface area contributed by atoms with E-state index in [4.69, 9.17) is 0 Å². The first-order valence-corrected chi connectivity index (χ1v) is 6.74. The SMILES string of the molecule is CCC.[Cl-].[Ni].c1ccc(Pc2ccccc2)cc1. The molecule has 102 valence electrons. The summed E-state index contributed by atoms with van der Waals surface area (Å²) in [4.78, 5) is 0. The van der Waals surface area contributed by atoms with Gasteiger partial charge in [0.1, 0.15) is 0 Å². The fourth-order valence-corrected chi connectivity index (χ4v) is 2.26. The Morgan fingerprint density at radius 2 is 1.00 bits per heavy atom. The fraction of sp³-hybridized carbons (Fsp3) is 0.200. The van der Waals surface area contributed by atoms with Crippen molar-refractivity contribution in [3.8, 4) is 0 Å². The van der Waals surface area contributed by atoms with Gasteiger partial charge in [0.15, 0.2) is 0 Å². The van der Waals surface area contributed by atoms with Gasteiger partial charge in [-0.1, -0.05) is 89.5 Å². The molecule has 0 aliphatic rings. The maximum Gasteiger partial charge on any atom is 0 e. The zero-order chi connectivity index (χ0) is 11.6. The summed E-state index contributed by atoms with van der Waals surface area (Å²) >= 11 is 0. The molecule has 3 heteroatoms. The molecule has 0 aliphatic heterocycles. The van der Waals surface area contributed by atoms with Crippen LogP contribution in [0.2, 0.25) is 0 Å². The third-order valence-corrected chi connectivity index (χ3v) is 3.08. The van der Waals surface area contributed by atoms with Crippen LogP contribution in [0, 0.1) is 0 Å². The minimum atomic E-state index is 0. The van der Waals surface area contributed by atoms with E-state index in [1.54, 1.807) is 0 Å². The summed E-state index contributed by atoms with van der Waals surface area (Å²) in [5.41, 5.74) is 0. The quantitative estimate of drug-likeness (QED) is 0.564. The van der Waals surface area contributed by atoms with Gasteiger partial charge < -0.3 is 12.4 Å². The molecule has 0 amide bonds. The molecular formula is C15H19ClNiP-. The van der Waals surface area contributed by atoms with E-state index in [1.807, 2.05) is 0 Å². The molecule has 0 heterocycles. The molecule has 2 rings (SSSR count). The summed E-state index contributed by atoms with van der Waals surface area (Å²) in [6, 6.07) is 21.2. The summed E-state index contributed by atoms with van der Waals surface area (Å²) in [7, 11) is 0.777. The van der Waals surface area contributed by atoms with Crippen molar-refractivity contribution in [3.63, 3.8) is 0 Å². The predicted octanol–water partition coefficient (Wildman–Crippen LogP) is 0.734. The Labute approximate surface area is 129 Å². The molecule has 0 atom stereocenters. The van der Waals surface area contributed by atoms with Crippen LogP contribution in [0.3, 0.4) is 0 Å². The van der Waals surface area contributed by atoms with E-state index in [0.29, 0.717) is 0 Å². The number of halogens is 1. The molecule has 0 bridgehead atoms. The van der Waals surface area contributed by atoms with E-state index in [-0.39, 0.29) is 28.9 Å². The predicted molar refractivity (Wildman–Crippen MR) is 76.4 cm³/mol. The van der Waals surface area contributed by atoms with Crippen molar-refractivity contribution in [1.82, 2.24) is 0 Å². The number of rotatable bonds is 2. The third kappa shape index (κ3) is 8.70. The van der Waals surface area contributed by atoms with Gasteiger partial charge in [-0.3, -0.25) is 0 Å². The monoisotopic (exact) mass is 323 g/mol. The Morgan fingerprint density at radius 3 is 1.28 bits per heavy atom. The van der Waals surface area contributed by atoms with E-state index in [1.165, 1.54) is 17.0 Å². The van der Waals surface area contributed by atoms with Crippen LogP contribution in [0.5, 0.6) is 0 Å². The average molecular weight is 324 g/mol. The topological polar surface area (TPSA) is 0 Å². The molecule has 0 aliphatic carbocycles. The Hall–Kier alpha value is -0.346. The van der Waals surface area contributed by atoms with Gasteiger partial charge in [-0.05, 0) is 10.6 Å². The van der Waals surface area contributed by atoms with Crippen molar-refractivity contribution in [2.45, 2.75) is 20.3 Å². The summed E-state index contributed by atoms with van der Waals surface area (Å²) in [5, 5.41) is 2.79. The van der Waals surface area contributed by atoms with Crippen molar-refractivity contribution in [2.75, 3.05) is 0 Å². The largest absolute Gasteiger partial charge is 1.00 e. The Morgan fingerprint density at radius 1 is 0.722 bits per heavy atom. The van der Waals surface area contributed by atoms with Crippen LogP contribution < -0.4 is 23.0 Å². The molecule has 18 heavy (non-hydrogen) atoms. The molecule has 0 radical (unpaired) electrons. The molecule has 0 spiro atoms. The number of hydrogen-bond acceptors (Lipinski definition) is 0. The van der Waals surface area contributed by atoms with Crippen molar-refractivity contribution < 1.29 is 28.9 Å². The van der Waals surface area contributed by atoms with Gasteiger partial charge in [0.05, 0.1) is 0 Å². The minimum absolute atomic E-state index is 0. The maximum absolute atomic E-state index is 2.17. The Bertz CT molecular complexity index is 341. The Balaban J connectivity index is 0. The summed E-state index contributed by atoms with van der Waals surface area (Å²) < 4.78 is 0. The first-order valence-electron chi connectivity index (χ1n) is 5.74. The van der Waals surface area contributed by atoms with Crippen LogP contribution in [0.4, 0.5) is 0 Å². The summed E-state index contributed by atoms with van der Waals surface area (Å²) in [6.45, 7) is 4.25. The van der Waals surface area contributed by atoms with Gasteiger partial charge in [0, 0.05) is 16.5 Å². The van der Waals surface area contributed by atoms with Gasteiger partial charge in [-0.15, -0.1) is 0 Å². The van der Waals surface area contributed by atoms with E-state index in [9.17, 15) is 0 Å². The molecule has 0 nitrogen and oxygen atoms in total. The Kier molecular flexibility index (Phi) is 14.5. The first-order chi connectivity index (χ1) is 7.86. The van der Waals surface area contributed by atoms with E-state index in [0.717, 1.165) is 8.58 Å². The number of hydrogen-bond donors (Lipinski definition) is 0. The van der Waals surface area contributed by atoms with Gasteiger partial charge in [0.2, 0.25) is 0 Å². The smallest absolute Gasteiger partial charge is 0 e. The molecule has 0 saturated carbocycles. The van der Waals surface area contributed by atoms with Gasteiger partial charge >= 0.3 is 0 Å². The molecule has 0 aromatic heterocycles. The second kappa shape index (κ2) is 13.1. The molecule has 0 N–H and O–H groups in total. The number of benzene rings is 2. The average Bonchev–Trinajstić information content (AvgIpc) is 2.33. The van der Waals surface area contributed by atoms with E-state index < -0.39 is 0 Å². The van der Waals surface area contributed by atoms with Gasteiger partial charge in [-0.2, -0.15) is 0 Å². The van der Waals surface area contributed by atoms with E-state index in [2.05, 4.69) is 74.5 Å². The van der Waals surface area contributed by atoms with E-state index >= 15 is 0 Å². The molecule has 0 saturated heterocycles. The summed E-state index contributed by atoms with van der Waals surface area (Å²) in [5.74, 6) is 0. The van der Waals surface area contributed by atoms with Crippen LogP contribution in [0.15, 0.2) is 60.7 Å². The van der Waals surface area contributed by atoms with Crippen LogP contribution in [-0.4, -0.2) is 0 Å². The van der Waals surface area contributed by atoms with Crippen LogP contribution >= 0.6 is 8.58 Å². The molecular weight excluding hydrogens is 305 g/mol. The minimum Gasteiger partial charge on any atom is -1.00 e. The molecule has 2 aromatic carbocycles. The summed E-state index contributed by atoms with van der Waals surface area (Å²) in [6.07, 6.45) is 1.25. The molecule has 0 unspecified atom stereocenters. The van der Waals surface area contributed by atoms with Gasteiger partial charge in [-0.25, -0.2) is 0 Å². The van der Waals surface area contributed by atoms with Crippen molar-refractivity contribution in [1.29, 1.82) is 0 Å². The first kappa shape index (κ1) is 20.0. The fourth-order valence-electron chi connectivity index (χ4n) is 1.21. The van der Waals surface area contributed by atoms with Crippen molar-refractivity contribution >= 4 is 19.2 Å². The van der Waals surface area contributed by atoms with Gasteiger partial charge in [0.25, 0.3) is 0 Å².